The first-order chi connectivity index (χ1) is 15.1. The number of piperazine rings is 1. The van der Waals surface area contributed by atoms with Gasteiger partial charge in [-0.15, -0.1) is 0 Å². The number of carbonyl (C=O) groups is 2. The third-order valence-electron chi connectivity index (χ3n) is 5.50. The van der Waals surface area contributed by atoms with Gasteiger partial charge in [0.25, 0.3) is 5.91 Å². The van der Waals surface area contributed by atoms with Crippen molar-refractivity contribution in [2.45, 2.75) is 13.0 Å². The van der Waals surface area contributed by atoms with Gasteiger partial charge >= 0.3 is 0 Å². The summed E-state index contributed by atoms with van der Waals surface area (Å²) in [7, 11) is 0. The monoisotopic (exact) mass is 414 g/mol. The molecule has 2 amide bonds. The van der Waals surface area contributed by atoms with Crippen molar-refractivity contribution in [3.8, 4) is 0 Å². The zero-order chi connectivity index (χ0) is 21.6. The molecule has 0 unspecified atom stereocenters. The Hall–Kier alpha value is -3.51. The van der Waals surface area contributed by atoms with E-state index in [1.54, 1.807) is 18.5 Å². The average molecular weight is 415 g/mol. The van der Waals surface area contributed by atoms with Crippen LogP contribution in [0.3, 0.4) is 0 Å². The van der Waals surface area contributed by atoms with Crippen molar-refractivity contribution in [2.24, 2.45) is 0 Å². The van der Waals surface area contributed by atoms with E-state index in [1.165, 1.54) is 18.1 Å². The molecule has 1 fully saturated rings. The third kappa shape index (κ3) is 4.98. The molecule has 6 heteroatoms. The van der Waals surface area contributed by atoms with Crippen LogP contribution < -0.4 is 5.32 Å². The Labute approximate surface area is 182 Å². The zero-order valence-electron chi connectivity index (χ0n) is 17.6. The molecule has 0 aliphatic carbocycles. The zero-order valence-corrected chi connectivity index (χ0v) is 17.6. The van der Waals surface area contributed by atoms with Crippen molar-refractivity contribution in [1.82, 2.24) is 14.8 Å². The molecular weight excluding hydrogens is 388 g/mol. The summed E-state index contributed by atoms with van der Waals surface area (Å²) in [6, 6.07) is 22.8. The van der Waals surface area contributed by atoms with Crippen LogP contribution in [0, 0.1) is 0 Å². The maximum Gasteiger partial charge on any atom is 0.255 e. The van der Waals surface area contributed by atoms with E-state index >= 15 is 0 Å². The molecule has 0 radical (unpaired) electrons. The lowest BCUT2D eigenvalue weighted by atomic mass is 9.96. The van der Waals surface area contributed by atoms with Crippen LogP contribution in [0.4, 0.5) is 5.69 Å². The lowest BCUT2D eigenvalue weighted by molar-refractivity contribution is -0.114. The Morgan fingerprint density at radius 3 is 2.00 bits per heavy atom. The molecule has 2 heterocycles. The molecule has 2 aromatic carbocycles. The van der Waals surface area contributed by atoms with Gasteiger partial charge in [-0.05, 0) is 17.2 Å². The SMILES string of the molecule is CC(=O)Nc1cncc(C(=O)N2CCN(C(c3ccccc3)c3ccccc3)CC2)c1. The molecule has 31 heavy (non-hydrogen) atoms. The molecule has 1 N–H and O–H groups in total. The Kier molecular flexibility index (Phi) is 6.38. The molecule has 1 aliphatic rings. The van der Waals surface area contributed by atoms with Crippen molar-refractivity contribution in [3.63, 3.8) is 0 Å². The van der Waals surface area contributed by atoms with Gasteiger partial charge in [0.15, 0.2) is 0 Å². The van der Waals surface area contributed by atoms with E-state index in [0.29, 0.717) is 24.3 Å². The summed E-state index contributed by atoms with van der Waals surface area (Å²) in [5.74, 6) is -0.247. The summed E-state index contributed by atoms with van der Waals surface area (Å²) >= 11 is 0. The highest BCUT2D eigenvalue weighted by molar-refractivity contribution is 5.96. The number of benzene rings is 2. The van der Waals surface area contributed by atoms with Gasteiger partial charge in [-0.3, -0.25) is 19.5 Å². The predicted octanol–water partition coefficient (Wildman–Crippen LogP) is 3.59. The summed E-state index contributed by atoms with van der Waals surface area (Å²) in [4.78, 5) is 32.7. The van der Waals surface area contributed by atoms with E-state index in [0.717, 1.165) is 13.1 Å². The molecule has 0 spiro atoms. The van der Waals surface area contributed by atoms with Crippen LogP contribution in [0.25, 0.3) is 0 Å². The van der Waals surface area contributed by atoms with E-state index in [4.69, 9.17) is 0 Å². The number of amides is 2. The number of rotatable bonds is 5. The second kappa shape index (κ2) is 9.53. The number of hydrogen-bond donors (Lipinski definition) is 1. The van der Waals surface area contributed by atoms with Gasteiger partial charge in [0.1, 0.15) is 0 Å². The van der Waals surface area contributed by atoms with Crippen LogP contribution >= 0.6 is 0 Å². The van der Waals surface area contributed by atoms with Gasteiger partial charge in [-0.25, -0.2) is 0 Å². The Balaban J connectivity index is 1.48. The number of nitrogens with zero attached hydrogens (tertiary/aromatic N) is 3. The Bertz CT molecular complexity index is 992. The molecule has 0 atom stereocenters. The first-order valence-electron chi connectivity index (χ1n) is 10.5. The van der Waals surface area contributed by atoms with Gasteiger partial charge in [-0.2, -0.15) is 0 Å². The van der Waals surface area contributed by atoms with Gasteiger partial charge in [0.2, 0.25) is 5.91 Å². The lowest BCUT2D eigenvalue weighted by Crippen LogP contribution is -2.49. The van der Waals surface area contributed by atoms with Crippen LogP contribution in [0.15, 0.2) is 79.1 Å². The quantitative estimate of drug-likeness (QED) is 0.693. The second-order valence-corrected chi connectivity index (χ2v) is 7.70. The van der Waals surface area contributed by atoms with Crippen LogP contribution in [-0.4, -0.2) is 52.8 Å². The average Bonchev–Trinajstić information content (AvgIpc) is 2.80. The van der Waals surface area contributed by atoms with Crippen LogP contribution in [0.5, 0.6) is 0 Å². The largest absolute Gasteiger partial charge is 0.336 e. The van der Waals surface area contributed by atoms with Crippen molar-refractivity contribution < 1.29 is 9.59 Å². The molecule has 0 bridgehead atoms. The van der Waals surface area contributed by atoms with Crippen LogP contribution in [0.2, 0.25) is 0 Å². The number of carbonyl (C=O) groups excluding carboxylic acids is 2. The second-order valence-electron chi connectivity index (χ2n) is 7.70. The predicted molar refractivity (Wildman–Crippen MR) is 121 cm³/mol. The normalized spacial score (nSPS) is 14.5. The first kappa shape index (κ1) is 20.8. The van der Waals surface area contributed by atoms with E-state index in [9.17, 15) is 9.59 Å². The molecule has 1 saturated heterocycles. The van der Waals surface area contributed by atoms with Gasteiger partial charge in [0.05, 0.1) is 23.5 Å². The summed E-state index contributed by atoms with van der Waals surface area (Å²) in [6.45, 7) is 4.26. The highest BCUT2D eigenvalue weighted by Gasteiger charge is 2.28. The number of anilines is 1. The summed E-state index contributed by atoms with van der Waals surface area (Å²) < 4.78 is 0. The highest BCUT2D eigenvalue weighted by atomic mass is 16.2. The molecule has 1 aliphatic heterocycles. The van der Waals surface area contributed by atoms with E-state index in [-0.39, 0.29) is 17.9 Å². The fraction of sp³-hybridized carbons (Fsp3) is 0.240. The summed E-state index contributed by atoms with van der Waals surface area (Å²) in [5, 5.41) is 2.68. The Morgan fingerprint density at radius 1 is 0.871 bits per heavy atom. The van der Waals surface area contributed by atoms with E-state index in [2.05, 4.69) is 63.7 Å². The number of pyridine rings is 1. The fourth-order valence-corrected chi connectivity index (χ4v) is 4.08. The van der Waals surface area contributed by atoms with Crippen LogP contribution in [0.1, 0.15) is 34.5 Å². The van der Waals surface area contributed by atoms with Gasteiger partial charge in [-0.1, -0.05) is 60.7 Å². The molecular formula is C25H26N4O2. The highest BCUT2D eigenvalue weighted by Crippen LogP contribution is 2.29. The van der Waals surface area contributed by atoms with Crippen LogP contribution in [-0.2, 0) is 4.79 Å². The lowest BCUT2D eigenvalue weighted by Gasteiger charge is -2.39. The molecule has 4 rings (SSSR count). The molecule has 6 nitrogen and oxygen atoms in total. The van der Waals surface area contributed by atoms with Crippen molar-refractivity contribution in [3.05, 3.63) is 95.8 Å². The molecule has 1 aromatic heterocycles. The van der Waals surface area contributed by atoms with E-state index < -0.39 is 0 Å². The Morgan fingerprint density at radius 2 is 1.45 bits per heavy atom. The van der Waals surface area contributed by atoms with Crippen molar-refractivity contribution in [1.29, 1.82) is 0 Å². The number of hydrogen-bond acceptors (Lipinski definition) is 4. The molecule has 158 valence electrons. The number of aromatic nitrogens is 1. The summed E-state index contributed by atoms with van der Waals surface area (Å²) in [5.41, 5.74) is 3.52. The van der Waals surface area contributed by atoms with Crippen molar-refractivity contribution >= 4 is 17.5 Å². The third-order valence-corrected chi connectivity index (χ3v) is 5.50. The van der Waals surface area contributed by atoms with E-state index in [1.807, 2.05) is 17.0 Å². The minimum Gasteiger partial charge on any atom is -0.336 e. The fourth-order valence-electron chi connectivity index (χ4n) is 4.08. The maximum atomic E-state index is 13.0. The molecule has 3 aromatic rings. The smallest absolute Gasteiger partial charge is 0.255 e. The van der Waals surface area contributed by atoms with Gasteiger partial charge < -0.3 is 10.2 Å². The first-order valence-corrected chi connectivity index (χ1v) is 10.5. The summed E-state index contributed by atoms with van der Waals surface area (Å²) in [6.07, 6.45) is 3.09. The molecule has 0 saturated carbocycles. The van der Waals surface area contributed by atoms with Crippen molar-refractivity contribution in [2.75, 3.05) is 31.5 Å². The minimum atomic E-state index is -0.187. The topological polar surface area (TPSA) is 65.5 Å². The standard InChI is InChI=1S/C25H26N4O2/c1-19(30)27-23-16-22(17-26-18-23)25(31)29-14-12-28(13-15-29)24(20-8-4-2-5-9-20)21-10-6-3-7-11-21/h2-11,16-18,24H,12-15H2,1H3,(H,27,30). The van der Waals surface area contributed by atoms with Gasteiger partial charge in [0, 0.05) is 39.3 Å². The maximum absolute atomic E-state index is 13.0. The minimum absolute atomic E-state index is 0.0599. The number of nitrogens with one attached hydrogen (secondary N) is 1.